The van der Waals surface area contributed by atoms with Crippen molar-refractivity contribution in [3.63, 3.8) is 0 Å². The van der Waals surface area contributed by atoms with E-state index in [2.05, 4.69) is 193 Å². The minimum Gasteiger partial charge on any atom is -0.333 e. The molecule has 0 aliphatic heterocycles. The molecule has 0 spiro atoms. The van der Waals surface area contributed by atoms with Crippen molar-refractivity contribution in [3.05, 3.63) is 168 Å². The van der Waals surface area contributed by atoms with Crippen molar-refractivity contribution < 1.29 is 21.5 Å². The number of thiophene rings is 1. The first-order valence-corrected chi connectivity index (χ1v) is 27.4. The van der Waals surface area contributed by atoms with Crippen LogP contribution in [0.5, 0.6) is 0 Å². The second kappa shape index (κ2) is 18.5. The third-order valence-corrected chi connectivity index (χ3v) is 16.0. The van der Waals surface area contributed by atoms with Gasteiger partial charge in [0.05, 0.1) is 24.9 Å². The van der Waals surface area contributed by atoms with E-state index in [1.54, 1.807) is 0 Å². The Balaban J connectivity index is 0.000000244. The first-order valence-electron chi connectivity index (χ1n) is 23.6. The number of fused-ring (bicyclic) bond motifs is 8. The second-order valence-corrected chi connectivity index (χ2v) is 26.6. The Kier molecular flexibility index (Phi) is 12.8. The van der Waals surface area contributed by atoms with Gasteiger partial charge < -0.3 is 9.55 Å². The topological polar surface area (TPSA) is 30.7 Å². The normalized spacial score (nSPS) is 12.6. The molecule has 0 bridgehead atoms. The summed E-state index contributed by atoms with van der Waals surface area (Å²) in [5.74, 6) is 1.03. The molecule has 0 aliphatic carbocycles. The third kappa shape index (κ3) is 8.74. The minimum absolute atomic E-state index is 0. The van der Waals surface area contributed by atoms with E-state index in [-0.39, 0.29) is 25.5 Å². The van der Waals surface area contributed by atoms with Crippen LogP contribution in [-0.2, 0) is 25.5 Å². The van der Waals surface area contributed by atoms with Crippen LogP contribution in [0.25, 0.3) is 81.1 Å². The number of nitrogens with zero attached hydrogens (tertiary/aromatic N) is 3. The number of hydrogen-bond acceptors (Lipinski definition) is 3. The molecule has 0 saturated heterocycles. The van der Waals surface area contributed by atoms with Crippen LogP contribution in [-0.4, -0.2) is 22.6 Å². The molecule has 10 aromatic rings. The van der Waals surface area contributed by atoms with Gasteiger partial charge in [0.25, 0.3) is 0 Å². The number of para-hydroxylation sites is 2. The fourth-order valence-electron chi connectivity index (χ4n) is 9.33. The molecule has 0 saturated carbocycles. The summed E-state index contributed by atoms with van der Waals surface area (Å²) >= 11 is 1.86. The standard InChI is InChI=1S/C43H39N2S.C17H22NSi.Ir/c1-25(2)34-23-28(43(5,6)7)24-35(26(3)4)40(34)45-37-18-11-10-17-36(37)44-42(45)33-16-12-15-32-39-31-20-19-27-13-8-9-14-29(27)30(31)21-22-38(39)46-41(32)33;1-13(2)15-11-16(14-9-7-6-8-10-14)18-12-17(15)19(3,4)5;/h8-15,17-26H,1-7H3;6-9,11-13H,1-5H3;/q2*-1;/i;13D;. The van der Waals surface area contributed by atoms with Crippen LogP contribution < -0.4 is 5.19 Å². The molecule has 10 rings (SSSR count). The molecule has 337 valence electrons. The molecule has 3 nitrogen and oxygen atoms in total. The molecule has 3 aromatic heterocycles. The summed E-state index contributed by atoms with van der Waals surface area (Å²) in [6, 6.07) is 52.6. The predicted molar refractivity (Wildman–Crippen MR) is 286 cm³/mol. The summed E-state index contributed by atoms with van der Waals surface area (Å²) < 4.78 is 13.4. The molecular weight excluding hydrogens is 1020 g/mol. The Hall–Kier alpha value is -5.23. The monoisotopic (exact) mass is 1080 g/mol. The molecular formula is C60H61IrN3SSi-2. The first-order chi connectivity index (χ1) is 31.3. The molecule has 7 aromatic carbocycles. The quantitative estimate of drug-likeness (QED) is 0.0905. The summed E-state index contributed by atoms with van der Waals surface area (Å²) in [4.78, 5) is 10.0. The average Bonchev–Trinajstić information content (AvgIpc) is 3.87. The molecule has 66 heavy (non-hydrogen) atoms. The zero-order chi connectivity index (χ0) is 46.9. The molecule has 6 heteroatoms. The van der Waals surface area contributed by atoms with Gasteiger partial charge in [-0.3, -0.25) is 4.98 Å². The molecule has 0 fully saturated rings. The molecule has 0 N–H and O–H groups in total. The summed E-state index contributed by atoms with van der Waals surface area (Å²) in [7, 11) is -1.50. The Morgan fingerprint density at radius 1 is 0.682 bits per heavy atom. The van der Waals surface area contributed by atoms with E-state index >= 15 is 0 Å². The van der Waals surface area contributed by atoms with Gasteiger partial charge in [-0.2, -0.15) is 11.3 Å². The Morgan fingerprint density at radius 2 is 1.36 bits per heavy atom. The van der Waals surface area contributed by atoms with Crippen LogP contribution in [0.4, 0.5) is 0 Å². The van der Waals surface area contributed by atoms with Crippen molar-refractivity contribution in [1.82, 2.24) is 14.5 Å². The van der Waals surface area contributed by atoms with Crippen LogP contribution >= 0.6 is 11.3 Å². The number of imidazole rings is 1. The summed E-state index contributed by atoms with van der Waals surface area (Å²) in [6.45, 7) is 27.0. The molecule has 3 heterocycles. The molecule has 0 aliphatic rings. The zero-order valence-electron chi connectivity index (χ0n) is 41.4. The summed E-state index contributed by atoms with van der Waals surface area (Å²) in [5, 5.41) is 9.04. The number of aromatic nitrogens is 3. The first kappa shape index (κ1) is 45.9. The third-order valence-electron chi connectivity index (χ3n) is 12.8. The maximum atomic E-state index is 8.44. The van der Waals surface area contributed by atoms with Crippen molar-refractivity contribution in [2.75, 3.05) is 0 Å². The molecule has 0 amide bonds. The van der Waals surface area contributed by atoms with Gasteiger partial charge in [0.1, 0.15) is 0 Å². The fraction of sp³-hybridized carbons (Fsp3) is 0.267. The van der Waals surface area contributed by atoms with Gasteiger partial charge in [-0.05, 0) is 101 Å². The minimum atomic E-state index is -1.50. The maximum absolute atomic E-state index is 8.44. The van der Waals surface area contributed by atoms with Gasteiger partial charge in [0.15, 0.2) is 0 Å². The van der Waals surface area contributed by atoms with Crippen molar-refractivity contribution in [3.8, 4) is 28.3 Å². The molecule has 0 atom stereocenters. The van der Waals surface area contributed by atoms with Crippen molar-refractivity contribution in [1.29, 1.82) is 0 Å². The van der Waals surface area contributed by atoms with E-state index in [9.17, 15) is 0 Å². The summed E-state index contributed by atoms with van der Waals surface area (Å²) in [6.07, 6.45) is 1.98. The van der Waals surface area contributed by atoms with E-state index in [1.165, 1.54) is 69.3 Å². The Bertz CT molecular complexity index is 3410. The van der Waals surface area contributed by atoms with Gasteiger partial charge in [-0.25, -0.2) is 0 Å². The Labute approximate surface area is 412 Å². The van der Waals surface area contributed by atoms with Gasteiger partial charge in [0.2, 0.25) is 0 Å². The Morgan fingerprint density at radius 3 is 2.03 bits per heavy atom. The number of benzene rings is 7. The van der Waals surface area contributed by atoms with Crippen LogP contribution in [0.2, 0.25) is 19.6 Å². The van der Waals surface area contributed by atoms with Gasteiger partial charge in [0, 0.05) is 38.1 Å². The van der Waals surface area contributed by atoms with E-state index in [0.29, 0.717) is 11.8 Å². The van der Waals surface area contributed by atoms with Crippen LogP contribution in [0.1, 0.15) is 104 Å². The predicted octanol–water partition coefficient (Wildman–Crippen LogP) is 16.9. The largest absolute Gasteiger partial charge is 0.333 e. The van der Waals surface area contributed by atoms with Crippen molar-refractivity contribution in [2.45, 2.75) is 105 Å². The number of rotatable bonds is 7. The van der Waals surface area contributed by atoms with Crippen LogP contribution in [0.3, 0.4) is 0 Å². The zero-order valence-corrected chi connectivity index (χ0v) is 44.7. The van der Waals surface area contributed by atoms with Crippen molar-refractivity contribution in [2.24, 2.45) is 0 Å². The number of pyridine rings is 1. The molecule has 0 unspecified atom stereocenters. The van der Waals surface area contributed by atoms with Gasteiger partial charge in [-0.15, -0.1) is 54.1 Å². The van der Waals surface area contributed by atoms with Gasteiger partial charge >= 0.3 is 0 Å². The number of hydrogen-bond donors (Lipinski definition) is 0. The van der Waals surface area contributed by atoms with Crippen LogP contribution in [0.15, 0.2) is 134 Å². The van der Waals surface area contributed by atoms with E-state index in [0.717, 1.165) is 39.2 Å². The average molecular weight is 1080 g/mol. The van der Waals surface area contributed by atoms with Crippen LogP contribution in [0, 0.1) is 12.1 Å². The van der Waals surface area contributed by atoms with E-state index in [1.807, 2.05) is 55.6 Å². The SMILES string of the molecule is CC(C)c1cc(C(C)(C)C)cc(C(C)C)c1-n1c(-c2[c-]ccc3c2sc2ccc4c5ccccc5ccc4c23)nc2ccccc21.[2H]C(C)(C)c1cc(-c2[c-]cccc2)ncc1[Si](C)(C)C.[Ir]. The van der Waals surface area contributed by atoms with E-state index in [4.69, 9.17) is 6.35 Å². The maximum Gasteiger partial charge on any atom is 0.0799 e. The van der Waals surface area contributed by atoms with Gasteiger partial charge in [-0.1, -0.05) is 171 Å². The molecule has 1 radical (unpaired) electrons. The van der Waals surface area contributed by atoms with Crippen molar-refractivity contribution >= 4 is 77.3 Å². The summed E-state index contributed by atoms with van der Waals surface area (Å²) in [5.41, 5.74) is 11.6. The second-order valence-electron chi connectivity index (χ2n) is 20.5. The van der Waals surface area contributed by atoms with E-state index < -0.39 is 14.0 Å². The fourth-order valence-corrected chi connectivity index (χ4v) is 12.1. The smallest absolute Gasteiger partial charge is 0.0799 e.